The van der Waals surface area contributed by atoms with Crippen molar-refractivity contribution >= 4 is 23.8 Å². The molecule has 0 heterocycles. The van der Waals surface area contributed by atoms with E-state index in [4.69, 9.17) is 9.47 Å². The van der Waals surface area contributed by atoms with Gasteiger partial charge < -0.3 is 20.1 Å². The second-order valence-corrected chi connectivity index (χ2v) is 11.8. The topological polar surface area (TPSA) is 111 Å². The van der Waals surface area contributed by atoms with E-state index in [1.54, 1.807) is 0 Å². The minimum Gasteiger partial charge on any atom is -0.461 e. The molecule has 2 aliphatic carbocycles. The van der Waals surface area contributed by atoms with Crippen LogP contribution in [-0.2, 0) is 41.9 Å². The van der Waals surface area contributed by atoms with E-state index in [9.17, 15) is 19.2 Å². The van der Waals surface area contributed by atoms with Gasteiger partial charge in [0.1, 0.15) is 19.3 Å². The number of hydrogen-bond acceptors (Lipinski definition) is 6. The van der Waals surface area contributed by atoms with E-state index in [0.717, 1.165) is 24.0 Å². The molecule has 2 amide bonds. The lowest BCUT2D eigenvalue weighted by Gasteiger charge is -2.35. The van der Waals surface area contributed by atoms with Gasteiger partial charge in [0.25, 0.3) is 0 Å². The summed E-state index contributed by atoms with van der Waals surface area (Å²) >= 11 is 0. The zero-order valence-corrected chi connectivity index (χ0v) is 24.6. The molecule has 1 unspecified atom stereocenters. The number of nitrogens with one attached hydrogen (secondary N) is 2. The fourth-order valence-electron chi connectivity index (χ4n) is 6.14. The smallest absolute Gasteiger partial charge is 0.329 e. The van der Waals surface area contributed by atoms with Crippen LogP contribution >= 0.6 is 0 Å². The number of rotatable bonds is 13. The third-order valence-electron chi connectivity index (χ3n) is 8.58. The SMILES string of the molecule is CCCC(=O)NC(CC1(C(=O)N[C@H]2CC[C@@H](C(=O)OCc3ccccc3)CC2)CCCC1)C(=O)OCc1ccccc1. The summed E-state index contributed by atoms with van der Waals surface area (Å²) < 4.78 is 11.1. The van der Waals surface area contributed by atoms with Crippen molar-refractivity contribution in [3.63, 3.8) is 0 Å². The summed E-state index contributed by atoms with van der Waals surface area (Å²) in [7, 11) is 0. The van der Waals surface area contributed by atoms with Gasteiger partial charge in [-0.1, -0.05) is 80.4 Å². The first-order valence-electron chi connectivity index (χ1n) is 15.4. The van der Waals surface area contributed by atoms with E-state index in [1.165, 1.54) is 0 Å². The number of amides is 2. The first-order valence-corrected chi connectivity index (χ1v) is 15.4. The molecule has 0 aromatic heterocycles. The van der Waals surface area contributed by atoms with Crippen LogP contribution in [-0.4, -0.2) is 35.8 Å². The fraction of sp³-hybridized carbons (Fsp3) is 0.529. The Balaban J connectivity index is 1.33. The normalized spacial score (nSPS) is 20.2. The first-order chi connectivity index (χ1) is 20.4. The van der Waals surface area contributed by atoms with Gasteiger partial charge in [0, 0.05) is 12.5 Å². The molecule has 226 valence electrons. The second kappa shape index (κ2) is 15.5. The Hall–Kier alpha value is -3.68. The van der Waals surface area contributed by atoms with E-state index in [2.05, 4.69) is 10.6 Å². The molecule has 2 fully saturated rings. The van der Waals surface area contributed by atoms with E-state index >= 15 is 0 Å². The summed E-state index contributed by atoms with van der Waals surface area (Å²) in [4.78, 5) is 52.2. The summed E-state index contributed by atoms with van der Waals surface area (Å²) in [6, 6.07) is 18.1. The highest BCUT2D eigenvalue weighted by molar-refractivity contribution is 5.87. The molecule has 0 aliphatic heterocycles. The van der Waals surface area contributed by atoms with Crippen LogP contribution in [0.2, 0.25) is 0 Å². The molecule has 0 spiro atoms. The van der Waals surface area contributed by atoms with Gasteiger partial charge in [0.2, 0.25) is 11.8 Å². The largest absolute Gasteiger partial charge is 0.461 e. The van der Waals surface area contributed by atoms with Crippen molar-refractivity contribution in [1.82, 2.24) is 10.6 Å². The van der Waals surface area contributed by atoms with E-state index in [0.29, 0.717) is 51.4 Å². The maximum atomic E-state index is 13.8. The van der Waals surface area contributed by atoms with Gasteiger partial charge in [-0.3, -0.25) is 14.4 Å². The Morgan fingerprint density at radius 2 is 1.40 bits per heavy atom. The third-order valence-corrected chi connectivity index (χ3v) is 8.58. The molecule has 0 radical (unpaired) electrons. The maximum Gasteiger partial charge on any atom is 0.329 e. The third kappa shape index (κ3) is 8.91. The van der Waals surface area contributed by atoms with Crippen LogP contribution in [0.5, 0.6) is 0 Å². The number of carbonyl (C=O) groups excluding carboxylic acids is 4. The first kappa shape index (κ1) is 31.3. The van der Waals surface area contributed by atoms with E-state index in [1.807, 2.05) is 67.6 Å². The van der Waals surface area contributed by atoms with Crippen molar-refractivity contribution in [2.75, 3.05) is 0 Å². The Kier molecular flexibility index (Phi) is 11.6. The van der Waals surface area contributed by atoms with E-state index in [-0.39, 0.29) is 49.4 Å². The lowest BCUT2D eigenvalue weighted by atomic mass is 9.78. The maximum absolute atomic E-state index is 13.8. The van der Waals surface area contributed by atoms with Crippen molar-refractivity contribution in [2.45, 2.75) is 103 Å². The Morgan fingerprint density at radius 3 is 1.98 bits per heavy atom. The summed E-state index contributed by atoms with van der Waals surface area (Å²) in [5.74, 6) is -1.15. The molecule has 1 atom stereocenters. The molecular weight excluding hydrogens is 532 g/mol. The summed E-state index contributed by atoms with van der Waals surface area (Å²) in [6.07, 6.45) is 6.99. The molecule has 0 saturated heterocycles. The minimum atomic E-state index is -0.897. The lowest BCUT2D eigenvalue weighted by molar-refractivity contribution is -0.151. The molecule has 2 N–H and O–H groups in total. The summed E-state index contributed by atoms with van der Waals surface area (Å²) in [5.41, 5.74) is 1.07. The highest BCUT2D eigenvalue weighted by Gasteiger charge is 2.45. The molecule has 4 rings (SSSR count). The Morgan fingerprint density at radius 1 is 0.833 bits per heavy atom. The van der Waals surface area contributed by atoms with Crippen molar-refractivity contribution in [2.24, 2.45) is 11.3 Å². The van der Waals surface area contributed by atoms with Crippen molar-refractivity contribution in [1.29, 1.82) is 0 Å². The molecule has 8 heteroatoms. The van der Waals surface area contributed by atoms with E-state index < -0.39 is 17.4 Å². The standard InChI is InChI=1S/C34H44N2O6/c1-2-11-30(37)36-29(32(39)42-24-26-14-7-4-8-15-26)22-34(20-9-10-21-34)33(40)35-28-18-16-27(17-19-28)31(38)41-23-25-12-5-3-6-13-25/h3-8,12-15,27-29H,2,9-11,16-24H2,1H3,(H,35,40)(H,36,37)/t27-,28+,29?. The molecule has 2 aliphatic rings. The van der Waals surface area contributed by atoms with Gasteiger partial charge in [-0.2, -0.15) is 0 Å². The molecule has 2 aromatic rings. The molecule has 0 bridgehead atoms. The van der Waals surface area contributed by atoms with Crippen molar-refractivity contribution in [3.05, 3.63) is 71.8 Å². The van der Waals surface area contributed by atoms with Crippen LogP contribution in [0.15, 0.2) is 60.7 Å². The highest BCUT2D eigenvalue weighted by atomic mass is 16.5. The molecule has 2 aromatic carbocycles. The van der Waals surface area contributed by atoms with Crippen LogP contribution in [0.3, 0.4) is 0 Å². The number of benzene rings is 2. The molecule has 2 saturated carbocycles. The highest BCUT2D eigenvalue weighted by Crippen LogP contribution is 2.43. The molecule has 8 nitrogen and oxygen atoms in total. The van der Waals surface area contributed by atoms with Crippen LogP contribution < -0.4 is 10.6 Å². The summed E-state index contributed by atoms with van der Waals surface area (Å²) in [5, 5.41) is 6.11. The molecular formula is C34H44N2O6. The van der Waals surface area contributed by atoms with Crippen LogP contribution in [0.1, 0.15) is 88.7 Å². The molecule has 42 heavy (non-hydrogen) atoms. The fourth-order valence-corrected chi connectivity index (χ4v) is 6.14. The lowest BCUT2D eigenvalue weighted by Crippen LogP contribution is -2.51. The Labute approximate surface area is 248 Å². The van der Waals surface area contributed by atoms with Crippen molar-refractivity contribution < 1.29 is 28.7 Å². The van der Waals surface area contributed by atoms with Crippen molar-refractivity contribution in [3.8, 4) is 0 Å². The number of esters is 2. The van der Waals surface area contributed by atoms with Crippen LogP contribution in [0, 0.1) is 11.3 Å². The summed E-state index contributed by atoms with van der Waals surface area (Å²) in [6.45, 7) is 2.28. The predicted molar refractivity (Wildman–Crippen MR) is 159 cm³/mol. The van der Waals surface area contributed by atoms with Crippen LogP contribution in [0.4, 0.5) is 0 Å². The second-order valence-electron chi connectivity index (χ2n) is 11.8. The number of hydrogen-bond donors (Lipinski definition) is 2. The average Bonchev–Trinajstić information content (AvgIpc) is 3.50. The van der Waals surface area contributed by atoms with Gasteiger partial charge in [0.15, 0.2) is 0 Å². The van der Waals surface area contributed by atoms with Gasteiger partial charge >= 0.3 is 11.9 Å². The zero-order chi connectivity index (χ0) is 29.8. The monoisotopic (exact) mass is 576 g/mol. The van der Waals surface area contributed by atoms with Gasteiger partial charge in [-0.15, -0.1) is 0 Å². The van der Waals surface area contributed by atoms with Gasteiger partial charge in [-0.25, -0.2) is 4.79 Å². The minimum absolute atomic E-state index is 0.0358. The van der Waals surface area contributed by atoms with Crippen LogP contribution in [0.25, 0.3) is 0 Å². The quantitative estimate of drug-likeness (QED) is 0.310. The number of ether oxygens (including phenoxy) is 2. The van der Waals surface area contributed by atoms with Gasteiger partial charge in [0.05, 0.1) is 11.3 Å². The van der Waals surface area contributed by atoms with Gasteiger partial charge in [-0.05, 0) is 62.5 Å². The Bertz CT molecular complexity index is 1170. The predicted octanol–water partition coefficient (Wildman–Crippen LogP) is 5.38. The number of carbonyl (C=O) groups is 4. The average molecular weight is 577 g/mol. The zero-order valence-electron chi connectivity index (χ0n) is 24.6.